The van der Waals surface area contributed by atoms with E-state index in [4.69, 9.17) is 4.74 Å². The summed E-state index contributed by atoms with van der Waals surface area (Å²) in [6.07, 6.45) is 3.49. The Morgan fingerprint density at radius 2 is 2.38 bits per heavy atom. The van der Waals surface area contributed by atoms with Crippen molar-refractivity contribution in [3.63, 3.8) is 0 Å². The zero-order chi connectivity index (χ0) is 11.4. The summed E-state index contributed by atoms with van der Waals surface area (Å²) in [5, 5.41) is 2.91. The van der Waals surface area contributed by atoms with E-state index in [1.165, 1.54) is 5.56 Å². The van der Waals surface area contributed by atoms with Gasteiger partial charge < -0.3 is 10.1 Å². The topological polar surface area (TPSA) is 38.3 Å². The van der Waals surface area contributed by atoms with Crippen molar-refractivity contribution in [3.8, 4) is 5.75 Å². The van der Waals surface area contributed by atoms with E-state index >= 15 is 0 Å². The molecule has 1 heterocycles. The summed E-state index contributed by atoms with van der Waals surface area (Å²) >= 11 is 0. The first-order valence-electron chi connectivity index (χ1n) is 5.86. The first-order chi connectivity index (χ1) is 7.81. The minimum absolute atomic E-state index is 0.0748. The lowest BCUT2D eigenvalue weighted by Gasteiger charge is -2.09. The summed E-state index contributed by atoms with van der Waals surface area (Å²) < 4.78 is 5.52. The van der Waals surface area contributed by atoms with Crippen molar-refractivity contribution in [2.45, 2.75) is 32.6 Å². The van der Waals surface area contributed by atoms with Crippen molar-refractivity contribution in [1.29, 1.82) is 0 Å². The van der Waals surface area contributed by atoms with Crippen LogP contribution < -0.4 is 10.1 Å². The lowest BCUT2D eigenvalue weighted by Crippen LogP contribution is -2.11. The van der Waals surface area contributed by atoms with Gasteiger partial charge in [-0.1, -0.05) is 25.5 Å². The van der Waals surface area contributed by atoms with Gasteiger partial charge in [-0.3, -0.25) is 4.79 Å². The maximum atomic E-state index is 11.6. The van der Waals surface area contributed by atoms with Gasteiger partial charge in [0, 0.05) is 12.8 Å². The predicted octanol–water partition coefficient (Wildman–Crippen LogP) is 2.75. The second kappa shape index (κ2) is 5.01. The van der Waals surface area contributed by atoms with Crippen molar-refractivity contribution >= 4 is 11.6 Å². The Kier molecular flexibility index (Phi) is 3.44. The average molecular weight is 219 g/mol. The molecular weight excluding hydrogens is 202 g/mol. The minimum atomic E-state index is 0.0748. The molecule has 3 nitrogen and oxygen atoms in total. The van der Waals surface area contributed by atoms with Crippen molar-refractivity contribution in [2.75, 3.05) is 11.9 Å². The van der Waals surface area contributed by atoms with Crippen LogP contribution in [0.25, 0.3) is 0 Å². The molecule has 0 aliphatic carbocycles. The number of hydrogen-bond donors (Lipinski definition) is 1. The van der Waals surface area contributed by atoms with Crippen LogP contribution in [-0.2, 0) is 11.2 Å². The molecule has 0 atom stereocenters. The molecule has 3 heteroatoms. The second-order valence-corrected chi connectivity index (χ2v) is 4.04. The van der Waals surface area contributed by atoms with Crippen LogP contribution >= 0.6 is 0 Å². The molecule has 86 valence electrons. The fraction of sp³-hybridized carbons (Fsp3) is 0.462. The van der Waals surface area contributed by atoms with Crippen LogP contribution in [0.15, 0.2) is 18.2 Å². The number of amides is 1. The SMILES string of the molecule is CCCCC(=O)Nc1cccc2c1OCC2. The summed E-state index contributed by atoms with van der Waals surface area (Å²) in [7, 11) is 0. The van der Waals surface area contributed by atoms with Crippen LogP contribution in [0.4, 0.5) is 5.69 Å². The first kappa shape index (κ1) is 11.0. The molecule has 0 spiro atoms. The molecule has 1 aliphatic rings. The summed E-state index contributed by atoms with van der Waals surface area (Å²) in [5.41, 5.74) is 2.00. The Morgan fingerprint density at radius 1 is 1.50 bits per heavy atom. The number of anilines is 1. The molecule has 0 fully saturated rings. The zero-order valence-electron chi connectivity index (χ0n) is 9.58. The molecule has 2 rings (SSSR count). The maximum Gasteiger partial charge on any atom is 0.224 e. The highest BCUT2D eigenvalue weighted by Gasteiger charge is 2.16. The molecule has 1 amide bonds. The predicted molar refractivity (Wildman–Crippen MR) is 63.8 cm³/mol. The van der Waals surface area contributed by atoms with Crippen LogP contribution in [-0.4, -0.2) is 12.5 Å². The van der Waals surface area contributed by atoms with E-state index < -0.39 is 0 Å². The van der Waals surface area contributed by atoms with Gasteiger partial charge in [0.1, 0.15) is 5.75 Å². The van der Waals surface area contributed by atoms with Gasteiger partial charge in [-0.2, -0.15) is 0 Å². The van der Waals surface area contributed by atoms with Gasteiger partial charge in [0.25, 0.3) is 0 Å². The Morgan fingerprint density at radius 3 is 3.19 bits per heavy atom. The fourth-order valence-corrected chi connectivity index (χ4v) is 1.86. The monoisotopic (exact) mass is 219 g/mol. The molecule has 16 heavy (non-hydrogen) atoms. The Bertz CT molecular complexity index is 388. The summed E-state index contributed by atoms with van der Waals surface area (Å²) in [5.74, 6) is 0.929. The van der Waals surface area contributed by atoms with Crippen molar-refractivity contribution in [2.24, 2.45) is 0 Å². The molecule has 0 saturated heterocycles. The zero-order valence-corrected chi connectivity index (χ0v) is 9.58. The van der Waals surface area contributed by atoms with E-state index in [1.54, 1.807) is 0 Å². The Balaban J connectivity index is 2.04. The number of unbranched alkanes of at least 4 members (excludes halogenated alkanes) is 1. The van der Waals surface area contributed by atoms with E-state index in [2.05, 4.69) is 12.2 Å². The van der Waals surface area contributed by atoms with Gasteiger partial charge in [0.2, 0.25) is 5.91 Å². The summed E-state index contributed by atoms with van der Waals surface area (Å²) in [6.45, 7) is 2.80. The van der Waals surface area contributed by atoms with E-state index in [9.17, 15) is 4.79 Å². The van der Waals surface area contributed by atoms with E-state index in [0.29, 0.717) is 6.42 Å². The molecule has 0 unspecified atom stereocenters. The molecule has 1 aromatic rings. The number of fused-ring (bicyclic) bond motifs is 1. The van der Waals surface area contributed by atoms with E-state index in [-0.39, 0.29) is 5.91 Å². The van der Waals surface area contributed by atoms with Crippen molar-refractivity contribution in [1.82, 2.24) is 0 Å². The van der Waals surface area contributed by atoms with Crippen LogP contribution in [0.3, 0.4) is 0 Å². The summed E-state index contributed by atoms with van der Waals surface area (Å²) in [4.78, 5) is 11.6. The minimum Gasteiger partial charge on any atom is -0.491 e. The normalized spacial score (nSPS) is 13.1. The van der Waals surface area contributed by atoms with Crippen LogP contribution in [0, 0.1) is 0 Å². The molecule has 0 radical (unpaired) electrons. The van der Waals surface area contributed by atoms with Gasteiger partial charge >= 0.3 is 0 Å². The standard InChI is InChI=1S/C13H17NO2/c1-2-3-7-12(15)14-11-6-4-5-10-8-9-16-13(10)11/h4-6H,2-3,7-9H2,1H3,(H,14,15). The van der Waals surface area contributed by atoms with Crippen molar-refractivity contribution in [3.05, 3.63) is 23.8 Å². The quantitative estimate of drug-likeness (QED) is 0.845. The fourth-order valence-electron chi connectivity index (χ4n) is 1.86. The maximum absolute atomic E-state index is 11.6. The molecule has 0 bridgehead atoms. The first-order valence-corrected chi connectivity index (χ1v) is 5.86. The highest BCUT2D eigenvalue weighted by atomic mass is 16.5. The second-order valence-electron chi connectivity index (χ2n) is 4.04. The number of carbonyl (C=O) groups excluding carboxylic acids is 1. The molecule has 1 N–H and O–H groups in total. The third-order valence-corrected chi connectivity index (χ3v) is 2.75. The van der Waals surface area contributed by atoms with Crippen LogP contribution in [0.2, 0.25) is 0 Å². The van der Waals surface area contributed by atoms with Gasteiger partial charge in [-0.05, 0) is 18.1 Å². The molecule has 0 saturated carbocycles. The van der Waals surface area contributed by atoms with Crippen LogP contribution in [0.1, 0.15) is 31.7 Å². The van der Waals surface area contributed by atoms with Gasteiger partial charge in [-0.15, -0.1) is 0 Å². The highest BCUT2D eigenvalue weighted by Crippen LogP contribution is 2.33. The highest BCUT2D eigenvalue weighted by molar-refractivity contribution is 5.92. The Labute approximate surface area is 95.8 Å². The molecular formula is C13H17NO2. The molecule has 1 aromatic carbocycles. The number of ether oxygens (including phenoxy) is 1. The van der Waals surface area contributed by atoms with Gasteiger partial charge in [-0.25, -0.2) is 0 Å². The molecule has 1 aliphatic heterocycles. The Hall–Kier alpha value is -1.51. The average Bonchev–Trinajstić information content (AvgIpc) is 2.75. The summed E-state index contributed by atoms with van der Waals surface area (Å²) in [6, 6.07) is 5.90. The number of rotatable bonds is 4. The number of carbonyl (C=O) groups is 1. The number of para-hydroxylation sites is 1. The largest absolute Gasteiger partial charge is 0.491 e. The van der Waals surface area contributed by atoms with Crippen molar-refractivity contribution < 1.29 is 9.53 Å². The lowest BCUT2D eigenvalue weighted by molar-refractivity contribution is -0.116. The smallest absolute Gasteiger partial charge is 0.224 e. The number of nitrogens with one attached hydrogen (secondary N) is 1. The lowest BCUT2D eigenvalue weighted by atomic mass is 10.1. The van der Waals surface area contributed by atoms with E-state index in [0.717, 1.165) is 37.3 Å². The van der Waals surface area contributed by atoms with Crippen LogP contribution in [0.5, 0.6) is 5.75 Å². The third kappa shape index (κ3) is 2.35. The number of hydrogen-bond acceptors (Lipinski definition) is 2. The number of benzene rings is 1. The molecule has 0 aromatic heterocycles. The third-order valence-electron chi connectivity index (χ3n) is 2.75. The van der Waals surface area contributed by atoms with Gasteiger partial charge in [0.05, 0.1) is 12.3 Å². The van der Waals surface area contributed by atoms with E-state index in [1.807, 2.05) is 18.2 Å². The van der Waals surface area contributed by atoms with Gasteiger partial charge in [0.15, 0.2) is 0 Å².